The van der Waals surface area contributed by atoms with Crippen molar-refractivity contribution in [2.45, 2.75) is 13.8 Å². The van der Waals surface area contributed by atoms with Crippen molar-refractivity contribution < 1.29 is 9.18 Å². The van der Waals surface area contributed by atoms with Crippen molar-refractivity contribution in [1.82, 2.24) is 0 Å². The minimum Gasteiger partial charge on any atom is -0.321 e. The number of amides is 1. The van der Waals surface area contributed by atoms with Crippen LogP contribution in [0.1, 0.15) is 21.5 Å². The van der Waals surface area contributed by atoms with Crippen molar-refractivity contribution in [1.29, 1.82) is 0 Å². The van der Waals surface area contributed by atoms with Crippen LogP contribution in [0.4, 0.5) is 10.1 Å². The topological polar surface area (TPSA) is 29.1 Å². The van der Waals surface area contributed by atoms with E-state index >= 15 is 0 Å². The van der Waals surface area contributed by atoms with Crippen molar-refractivity contribution in [3.63, 3.8) is 0 Å². The highest BCUT2D eigenvalue weighted by molar-refractivity contribution is 9.10. The van der Waals surface area contributed by atoms with E-state index in [0.717, 1.165) is 16.8 Å². The Hall–Kier alpha value is -1.68. The van der Waals surface area contributed by atoms with Crippen LogP contribution in [-0.2, 0) is 0 Å². The van der Waals surface area contributed by atoms with Crippen LogP contribution < -0.4 is 5.32 Å². The van der Waals surface area contributed by atoms with E-state index in [1.165, 1.54) is 18.2 Å². The maximum atomic E-state index is 13.0. The van der Waals surface area contributed by atoms with Crippen LogP contribution in [0.15, 0.2) is 40.9 Å². The lowest BCUT2D eigenvalue weighted by Crippen LogP contribution is -2.14. The van der Waals surface area contributed by atoms with Crippen LogP contribution in [0, 0.1) is 19.7 Å². The largest absolute Gasteiger partial charge is 0.321 e. The summed E-state index contributed by atoms with van der Waals surface area (Å²) in [6.45, 7) is 3.87. The standard InChI is InChI=1S/C15H13BrFNO/c1-9-4-3-5-10(2)14(9)18-15(19)12-7-6-11(17)8-13(12)16/h3-8H,1-2H3,(H,18,19). The number of anilines is 1. The summed E-state index contributed by atoms with van der Waals surface area (Å²) < 4.78 is 13.4. The summed E-state index contributed by atoms with van der Waals surface area (Å²) in [6.07, 6.45) is 0. The number of rotatable bonds is 2. The fraction of sp³-hybridized carbons (Fsp3) is 0.133. The molecule has 0 aliphatic rings. The predicted molar refractivity (Wildman–Crippen MR) is 78.0 cm³/mol. The van der Waals surface area contributed by atoms with E-state index in [9.17, 15) is 9.18 Å². The molecule has 0 saturated heterocycles. The fourth-order valence-corrected chi connectivity index (χ4v) is 2.40. The highest BCUT2D eigenvalue weighted by Crippen LogP contribution is 2.23. The second-order valence-electron chi connectivity index (χ2n) is 4.35. The Morgan fingerprint density at radius 2 is 1.79 bits per heavy atom. The maximum absolute atomic E-state index is 13.0. The SMILES string of the molecule is Cc1cccc(C)c1NC(=O)c1ccc(F)cc1Br. The number of para-hydroxylation sites is 1. The van der Waals surface area contributed by atoms with Gasteiger partial charge in [0, 0.05) is 10.2 Å². The van der Waals surface area contributed by atoms with Gasteiger partial charge in [0.2, 0.25) is 0 Å². The molecule has 98 valence electrons. The molecule has 0 saturated carbocycles. The van der Waals surface area contributed by atoms with Crippen molar-refractivity contribution >= 4 is 27.5 Å². The van der Waals surface area contributed by atoms with Crippen LogP contribution >= 0.6 is 15.9 Å². The summed E-state index contributed by atoms with van der Waals surface area (Å²) in [5, 5.41) is 2.86. The quantitative estimate of drug-likeness (QED) is 0.869. The smallest absolute Gasteiger partial charge is 0.256 e. The molecule has 0 fully saturated rings. The number of aryl methyl sites for hydroxylation is 2. The molecule has 4 heteroatoms. The molecule has 1 N–H and O–H groups in total. The number of hydrogen-bond acceptors (Lipinski definition) is 1. The van der Waals surface area contributed by atoms with E-state index in [2.05, 4.69) is 21.2 Å². The summed E-state index contributed by atoms with van der Waals surface area (Å²) in [4.78, 5) is 12.2. The Balaban J connectivity index is 2.31. The third-order valence-electron chi connectivity index (χ3n) is 2.90. The van der Waals surface area contributed by atoms with Gasteiger partial charge in [0.15, 0.2) is 0 Å². The molecule has 0 radical (unpaired) electrons. The first-order valence-corrected chi connectivity index (χ1v) is 6.61. The lowest BCUT2D eigenvalue weighted by Gasteiger charge is -2.12. The number of hydrogen-bond donors (Lipinski definition) is 1. The number of nitrogens with one attached hydrogen (secondary N) is 1. The molecule has 1 amide bonds. The Morgan fingerprint density at radius 1 is 1.16 bits per heavy atom. The van der Waals surface area contributed by atoms with Gasteiger partial charge in [-0.2, -0.15) is 0 Å². The van der Waals surface area contributed by atoms with E-state index in [-0.39, 0.29) is 11.7 Å². The predicted octanol–water partition coefficient (Wildman–Crippen LogP) is 4.46. The average molecular weight is 322 g/mol. The zero-order chi connectivity index (χ0) is 14.0. The van der Waals surface area contributed by atoms with E-state index in [1.807, 2.05) is 32.0 Å². The van der Waals surface area contributed by atoms with Gasteiger partial charge < -0.3 is 5.32 Å². The first-order chi connectivity index (χ1) is 8.99. The molecule has 0 aliphatic heterocycles. The lowest BCUT2D eigenvalue weighted by atomic mass is 10.1. The number of carbonyl (C=O) groups excluding carboxylic acids is 1. The average Bonchev–Trinajstić information content (AvgIpc) is 2.33. The zero-order valence-electron chi connectivity index (χ0n) is 10.6. The van der Waals surface area contributed by atoms with Crippen LogP contribution in [0.2, 0.25) is 0 Å². The van der Waals surface area contributed by atoms with E-state index in [0.29, 0.717) is 10.0 Å². The Labute approximate surface area is 119 Å². The first-order valence-electron chi connectivity index (χ1n) is 5.81. The molecule has 2 aromatic rings. The number of benzene rings is 2. The van der Waals surface area contributed by atoms with Crippen LogP contribution in [0.5, 0.6) is 0 Å². The summed E-state index contributed by atoms with van der Waals surface area (Å²) in [5.41, 5.74) is 3.19. The molecule has 0 bridgehead atoms. The monoisotopic (exact) mass is 321 g/mol. The van der Waals surface area contributed by atoms with Crippen LogP contribution in [0.3, 0.4) is 0 Å². The number of halogens is 2. The van der Waals surface area contributed by atoms with Gasteiger partial charge in [-0.15, -0.1) is 0 Å². The van der Waals surface area contributed by atoms with Crippen LogP contribution in [0.25, 0.3) is 0 Å². The number of carbonyl (C=O) groups is 1. The molecular weight excluding hydrogens is 309 g/mol. The van der Waals surface area contributed by atoms with E-state index < -0.39 is 0 Å². The van der Waals surface area contributed by atoms with Gasteiger partial charge in [0.1, 0.15) is 5.82 Å². The van der Waals surface area contributed by atoms with Gasteiger partial charge in [0.25, 0.3) is 5.91 Å². The molecule has 2 aromatic carbocycles. The molecule has 0 atom stereocenters. The van der Waals surface area contributed by atoms with Gasteiger partial charge in [0.05, 0.1) is 5.56 Å². The highest BCUT2D eigenvalue weighted by Gasteiger charge is 2.13. The van der Waals surface area contributed by atoms with E-state index in [4.69, 9.17) is 0 Å². The second kappa shape index (κ2) is 5.53. The summed E-state index contributed by atoms with van der Waals surface area (Å²) in [5.74, 6) is -0.639. The molecule has 0 aromatic heterocycles. The van der Waals surface area contributed by atoms with Crippen molar-refractivity contribution in [3.05, 3.63) is 63.4 Å². The van der Waals surface area contributed by atoms with Crippen LogP contribution in [-0.4, -0.2) is 5.91 Å². The first kappa shape index (κ1) is 13.7. The lowest BCUT2D eigenvalue weighted by molar-refractivity contribution is 0.102. The summed E-state index contributed by atoms with van der Waals surface area (Å²) >= 11 is 3.20. The second-order valence-corrected chi connectivity index (χ2v) is 5.20. The van der Waals surface area contributed by atoms with E-state index in [1.54, 1.807) is 0 Å². The van der Waals surface area contributed by atoms with Gasteiger partial charge in [-0.25, -0.2) is 4.39 Å². The zero-order valence-corrected chi connectivity index (χ0v) is 12.2. The molecule has 0 unspecified atom stereocenters. The molecular formula is C15H13BrFNO. The van der Waals surface area contributed by atoms with Gasteiger partial charge >= 0.3 is 0 Å². The highest BCUT2D eigenvalue weighted by atomic mass is 79.9. The molecule has 0 spiro atoms. The third-order valence-corrected chi connectivity index (χ3v) is 3.55. The molecule has 0 heterocycles. The maximum Gasteiger partial charge on any atom is 0.256 e. The van der Waals surface area contributed by atoms with Gasteiger partial charge in [-0.3, -0.25) is 4.79 Å². The van der Waals surface area contributed by atoms with Gasteiger partial charge in [-0.1, -0.05) is 18.2 Å². The fourth-order valence-electron chi connectivity index (χ4n) is 1.87. The summed E-state index contributed by atoms with van der Waals surface area (Å²) in [6, 6.07) is 9.81. The normalized spacial score (nSPS) is 10.3. The van der Waals surface area contributed by atoms with Crippen molar-refractivity contribution in [2.24, 2.45) is 0 Å². The Morgan fingerprint density at radius 3 is 2.37 bits per heavy atom. The molecule has 2 rings (SSSR count). The van der Waals surface area contributed by atoms with Gasteiger partial charge in [-0.05, 0) is 59.1 Å². The Kier molecular flexibility index (Phi) is 4.00. The third kappa shape index (κ3) is 3.01. The Bertz CT molecular complexity index is 620. The minimum absolute atomic E-state index is 0.260. The van der Waals surface area contributed by atoms with Crippen molar-refractivity contribution in [3.8, 4) is 0 Å². The molecule has 19 heavy (non-hydrogen) atoms. The molecule has 2 nitrogen and oxygen atoms in total. The molecule has 0 aliphatic carbocycles. The minimum atomic E-state index is -0.379. The van der Waals surface area contributed by atoms with Crippen molar-refractivity contribution in [2.75, 3.05) is 5.32 Å². The summed E-state index contributed by atoms with van der Waals surface area (Å²) in [7, 11) is 0.